The van der Waals surface area contributed by atoms with E-state index in [0.717, 1.165) is 30.6 Å². The van der Waals surface area contributed by atoms with Crippen LogP contribution in [0.4, 0.5) is 0 Å². The Morgan fingerprint density at radius 2 is 2.18 bits per heavy atom. The first-order valence-corrected chi connectivity index (χ1v) is 6.37. The molecule has 90 valence electrons. The van der Waals surface area contributed by atoms with Crippen molar-refractivity contribution in [2.75, 3.05) is 6.61 Å². The number of aliphatic hydroxyl groups is 1. The lowest BCUT2D eigenvalue weighted by atomic mass is 9.73. The molecule has 0 spiro atoms. The lowest BCUT2D eigenvalue weighted by Gasteiger charge is -2.37. The predicted octanol–water partition coefficient (Wildman–Crippen LogP) is 3.08. The molecule has 2 aliphatic rings. The van der Waals surface area contributed by atoms with Crippen LogP contribution in [-0.4, -0.2) is 11.7 Å². The molecule has 1 N–H and O–H groups in total. The topological polar surface area (TPSA) is 29.5 Å². The molecule has 1 aromatic carbocycles. The van der Waals surface area contributed by atoms with Crippen molar-refractivity contribution >= 4 is 0 Å². The largest absolute Gasteiger partial charge is 0.494 e. The van der Waals surface area contributed by atoms with Crippen LogP contribution in [0.25, 0.3) is 0 Å². The third-order valence-electron chi connectivity index (χ3n) is 3.99. The number of rotatable bonds is 1. The number of hydrogen-bond donors (Lipinski definition) is 1. The molecule has 1 aromatic rings. The highest BCUT2D eigenvalue weighted by molar-refractivity contribution is 5.42. The van der Waals surface area contributed by atoms with Gasteiger partial charge in [-0.1, -0.05) is 31.2 Å². The van der Waals surface area contributed by atoms with Gasteiger partial charge in [0.25, 0.3) is 0 Å². The molecule has 1 aliphatic heterocycles. The molecule has 0 fully saturated rings. The summed E-state index contributed by atoms with van der Waals surface area (Å²) in [6.45, 7) is 2.93. The van der Waals surface area contributed by atoms with E-state index in [2.05, 4.69) is 13.0 Å². The summed E-state index contributed by atoms with van der Waals surface area (Å²) in [5, 5.41) is 10.9. The van der Waals surface area contributed by atoms with E-state index < -0.39 is 5.60 Å². The van der Waals surface area contributed by atoms with Gasteiger partial charge in [-0.25, -0.2) is 0 Å². The van der Waals surface area contributed by atoms with Gasteiger partial charge < -0.3 is 9.84 Å². The Hall–Kier alpha value is -1.28. The molecule has 0 amide bonds. The first kappa shape index (κ1) is 10.8. The maximum atomic E-state index is 10.9. The fourth-order valence-corrected chi connectivity index (χ4v) is 2.98. The van der Waals surface area contributed by atoms with Crippen molar-refractivity contribution in [3.8, 4) is 0 Å². The van der Waals surface area contributed by atoms with Crippen molar-refractivity contribution in [1.29, 1.82) is 0 Å². The van der Waals surface area contributed by atoms with E-state index in [9.17, 15) is 5.11 Å². The van der Waals surface area contributed by atoms with Crippen molar-refractivity contribution in [3.05, 3.63) is 47.2 Å². The fourth-order valence-electron chi connectivity index (χ4n) is 2.98. The van der Waals surface area contributed by atoms with E-state index in [-0.39, 0.29) is 0 Å². The summed E-state index contributed by atoms with van der Waals surface area (Å²) in [6.07, 6.45) is 4.72. The van der Waals surface area contributed by atoms with Gasteiger partial charge in [0.15, 0.2) is 0 Å². The highest BCUT2D eigenvalue weighted by Crippen LogP contribution is 2.46. The molecule has 2 nitrogen and oxygen atoms in total. The van der Waals surface area contributed by atoms with Gasteiger partial charge >= 0.3 is 0 Å². The smallest absolute Gasteiger partial charge is 0.146 e. The molecular formula is C15H18O2. The van der Waals surface area contributed by atoms with Gasteiger partial charge in [-0.15, -0.1) is 0 Å². The third-order valence-corrected chi connectivity index (χ3v) is 3.99. The first-order valence-electron chi connectivity index (χ1n) is 6.37. The molecule has 2 heteroatoms. The zero-order chi connectivity index (χ0) is 11.9. The molecule has 0 radical (unpaired) electrons. The quantitative estimate of drug-likeness (QED) is 0.803. The van der Waals surface area contributed by atoms with Crippen LogP contribution in [0.2, 0.25) is 0 Å². The minimum Gasteiger partial charge on any atom is -0.494 e. The Kier molecular flexibility index (Phi) is 2.48. The fraction of sp³-hybridized carbons (Fsp3) is 0.467. The summed E-state index contributed by atoms with van der Waals surface area (Å²) >= 11 is 0. The van der Waals surface area contributed by atoms with Crippen molar-refractivity contribution in [2.24, 2.45) is 0 Å². The van der Waals surface area contributed by atoms with Crippen LogP contribution < -0.4 is 0 Å². The molecule has 0 saturated heterocycles. The van der Waals surface area contributed by atoms with Gasteiger partial charge in [0.05, 0.1) is 6.61 Å². The Balaban J connectivity index is 2.11. The molecule has 2 unspecified atom stereocenters. The van der Waals surface area contributed by atoms with Crippen LogP contribution in [0.5, 0.6) is 0 Å². The Morgan fingerprint density at radius 1 is 1.35 bits per heavy atom. The van der Waals surface area contributed by atoms with Gasteiger partial charge in [0.1, 0.15) is 11.4 Å². The number of benzene rings is 1. The molecule has 3 rings (SSSR count). The zero-order valence-electron chi connectivity index (χ0n) is 10.1. The molecular weight excluding hydrogens is 212 g/mol. The van der Waals surface area contributed by atoms with Gasteiger partial charge in [0.2, 0.25) is 0 Å². The van der Waals surface area contributed by atoms with E-state index in [1.54, 1.807) is 0 Å². The highest BCUT2D eigenvalue weighted by Gasteiger charge is 2.41. The van der Waals surface area contributed by atoms with Crippen molar-refractivity contribution < 1.29 is 9.84 Å². The lowest BCUT2D eigenvalue weighted by Crippen LogP contribution is -2.34. The van der Waals surface area contributed by atoms with E-state index in [1.165, 1.54) is 5.56 Å². The van der Waals surface area contributed by atoms with E-state index in [1.807, 2.05) is 24.3 Å². The first-order chi connectivity index (χ1) is 8.22. The second kappa shape index (κ2) is 3.88. The second-order valence-corrected chi connectivity index (χ2v) is 5.09. The number of hydrogen-bond acceptors (Lipinski definition) is 2. The molecule has 1 aliphatic carbocycles. The maximum absolute atomic E-state index is 10.9. The molecule has 0 bridgehead atoms. The summed E-state index contributed by atoms with van der Waals surface area (Å²) in [5.41, 5.74) is 1.41. The summed E-state index contributed by atoms with van der Waals surface area (Å²) in [7, 11) is 0. The van der Waals surface area contributed by atoms with E-state index in [0.29, 0.717) is 12.5 Å². The minimum absolute atomic E-state index is 0.522. The van der Waals surface area contributed by atoms with Crippen LogP contribution in [0.3, 0.4) is 0 Å². The Bertz CT molecular complexity index is 464. The maximum Gasteiger partial charge on any atom is 0.146 e. The highest BCUT2D eigenvalue weighted by atomic mass is 16.5. The van der Waals surface area contributed by atoms with Crippen LogP contribution in [-0.2, 0) is 10.3 Å². The second-order valence-electron chi connectivity index (χ2n) is 5.09. The number of ether oxygens (including phenoxy) is 1. The zero-order valence-corrected chi connectivity index (χ0v) is 10.1. The minimum atomic E-state index is -0.889. The molecule has 0 aromatic heterocycles. The van der Waals surface area contributed by atoms with E-state index >= 15 is 0 Å². The molecule has 2 atom stereocenters. The van der Waals surface area contributed by atoms with Crippen molar-refractivity contribution in [2.45, 2.75) is 37.7 Å². The average molecular weight is 230 g/mol. The summed E-state index contributed by atoms with van der Waals surface area (Å²) in [6, 6.07) is 8.20. The summed E-state index contributed by atoms with van der Waals surface area (Å²) in [5.74, 6) is 1.28. The van der Waals surface area contributed by atoms with E-state index in [4.69, 9.17) is 4.74 Å². The third kappa shape index (κ3) is 1.59. The number of fused-ring (bicyclic) bond motifs is 1. The van der Waals surface area contributed by atoms with Gasteiger partial charge in [-0.2, -0.15) is 0 Å². The summed E-state index contributed by atoms with van der Waals surface area (Å²) < 4.78 is 5.60. The molecule has 17 heavy (non-hydrogen) atoms. The lowest BCUT2D eigenvalue weighted by molar-refractivity contribution is -0.000965. The molecule has 1 heterocycles. The van der Waals surface area contributed by atoms with Crippen LogP contribution in [0.1, 0.15) is 43.2 Å². The molecule has 0 saturated carbocycles. The normalized spacial score (nSPS) is 31.6. The van der Waals surface area contributed by atoms with Gasteiger partial charge in [0, 0.05) is 6.42 Å². The Morgan fingerprint density at radius 3 is 2.94 bits per heavy atom. The standard InChI is InChI=1S/C15H18O2/c1-11-8-9-15(16,14-7-4-10-17-14)13-6-3-2-5-12(11)13/h2-3,5-7,11,16H,4,8-10H2,1H3. The predicted molar refractivity (Wildman–Crippen MR) is 66.6 cm³/mol. The Labute approximate surface area is 102 Å². The summed E-state index contributed by atoms with van der Waals surface area (Å²) in [4.78, 5) is 0. The van der Waals surface area contributed by atoms with Gasteiger partial charge in [-0.3, -0.25) is 0 Å². The average Bonchev–Trinajstić information content (AvgIpc) is 2.89. The monoisotopic (exact) mass is 230 g/mol. The van der Waals surface area contributed by atoms with Gasteiger partial charge in [-0.05, 0) is 36.0 Å². The van der Waals surface area contributed by atoms with Crippen LogP contribution in [0, 0.1) is 0 Å². The van der Waals surface area contributed by atoms with Crippen molar-refractivity contribution in [3.63, 3.8) is 0 Å². The van der Waals surface area contributed by atoms with Crippen molar-refractivity contribution in [1.82, 2.24) is 0 Å². The SMILES string of the molecule is CC1CCC(O)(C2=CCCO2)c2ccccc21. The van der Waals surface area contributed by atoms with Crippen LogP contribution >= 0.6 is 0 Å². The van der Waals surface area contributed by atoms with Crippen LogP contribution in [0.15, 0.2) is 36.1 Å².